The molecule has 0 bridgehead atoms. The van der Waals surface area contributed by atoms with Gasteiger partial charge in [0.1, 0.15) is 10.8 Å². The van der Waals surface area contributed by atoms with E-state index < -0.39 is 29.6 Å². The van der Waals surface area contributed by atoms with Crippen LogP contribution in [0.1, 0.15) is 17.0 Å². The average Bonchev–Trinajstić information content (AvgIpc) is 3.10. The van der Waals surface area contributed by atoms with Gasteiger partial charge in [0, 0.05) is 18.0 Å². The number of carbonyl (C=O) groups excluding carboxylic acids is 1. The zero-order valence-corrected chi connectivity index (χ0v) is 15.5. The highest BCUT2D eigenvalue weighted by Gasteiger charge is 2.42. The van der Waals surface area contributed by atoms with Crippen LogP contribution in [0.2, 0.25) is 5.15 Å². The fourth-order valence-electron chi connectivity index (χ4n) is 2.51. The van der Waals surface area contributed by atoms with Gasteiger partial charge in [-0.2, -0.15) is 31.4 Å². The molecule has 1 amide bonds. The van der Waals surface area contributed by atoms with Gasteiger partial charge in [-0.3, -0.25) is 4.79 Å². The molecular weight excluding hydrogens is 438 g/mol. The van der Waals surface area contributed by atoms with Gasteiger partial charge in [-0.15, -0.1) is 0 Å². The summed E-state index contributed by atoms with van der Waals surface area (Å²) in [5.74, 6) is -0.429. The third-order valence-corrected chi connectivity index (χ3v) is 4.06. The number of aromatic nitrogens is 3. The van der Waals surface area contributed by atoms with E-state index in [-0.39, 0.29) is 33.7 Å². The Morgan fingerprint density at radius 2 is 1.67 bits per heavy atom. The van der Waals surface area contributed by atoms with Gasteiger partial charge in [-0.25, -0.2) is 9.67 Å². The van der Waals surface area contributed by atoms with E-state index in [2.05, 4.69) is 15.4 Å². The summed E-state index contributed by atoms with van der Waals surface area (Å²) in [4.78, 5) is 15.9. The van der Waals surface area contributed by atoms with E-state index in [1.165, 1.54) is 24.4 Å². The molecule has 0 spiro atoms. The Balaban J connectivity index is 1.79. The third-order valence-electron chi connectivity index (χ3n) is 3.84. The van der Waals surface area contributed by atoms with Crippen molar-refractivity contribution >= 4 is 23.2 Å². The molecule has 3 rings (SSSR count). The second kappa shape index (κ2) is 7.98. The highest BCUT2D eigenvalue weighted by molar-refractivity contribution is 6.29. The molecule has 0 saturated heterocycles. The van der Waals surface area contributed by atoms with Crippen molar-refractivity contribution in [2.45, 2.75) is 18.8 Å². The molecule has 30 heavy (non-hydrogen) atoms. The highest BCUT2D eigenvalue weighted by atomic mass is 35.5. The number of hydrogen-bond acceptors (Lipinski definition) is 3. The molecular formula is C18H11ClF6N4O. The molecule has 0 unspecified atom stereocenters. The first-order chi connectivity index (χ1) is 13.9. The molecule has 3 aromatic rings. The van der Waals surface area contributed by atoms with Crippen LogP contribution in [0.4, 0.5) is 32.0 Å². The predicted molar refractivity (Wildman–Crippen MR) is 95.1 cm³/mol. The number of anilines is 1. The monoisotopic (exact) mass is 448 g/mol. The van der Waals surface area contributed by atoms with Gasteiger partial charge in [0.05, 0.1) is 12.1 Å². The summed E-state index contributed by atoms with van der Waals surface area (Å²) >= 11 is 5.66. The van der Waals surface area contributed by atoms with Crippen LogP contribution in [0.15, 0.2) is 48.7 Å². The van der Waals surface area contributed by atoms with Crippen LogP contribution in [0.25, 0.3) is 5.69 Å². The number of hydrogen-bond donors (Lipinski definition) is 1. The number of amides is 1. The fraction of sp³-hybridized carbons (Fsp3) is 0.167. The lowest BCUT2D eigenvalue weighted by Crippen LogP contribution is -2.15. The normalized spacial score (nSPS) is 12.1. The summed E-state index contributed by atoms with van der Waals surface area (Å²) in [7, 11) is 0. The molecule has 0 radical (unpaired) electrons. The van der Waals surface area contributed by atoms with Crippen molar-refractivity contribution < 1.29 is 31.1 Å². The lowest BCUT2D eigenvalue weighted by Gasteiger charge is -2.11. The number of nitrogens with zero attached hydrogens (tertiary/aromatic N) is 3. The van der Waals surface area contributed by atoms with Gasteiger partial charge in [0.25, 0.3) is 0 Å². The molecule has 12 heteroatoms. The second-order valence-electron chi connectivity index (χ2n) is 6.08. The van der Waals surface area contributed by atoms with E-state index in [9.17, 15) is 31.1 Å². The Morgan fingerprint density at radius 3 is 2.20 bits per heavy atom. The SMILES string of the molecule is O=C(Cc1ccc(Cl)nc1)Nc1ccc(-n2nc(C(F)(F)F)cc2C(F)(F)F)cc1. The molecule has 2 heterocycles. The fourth-order valence-corrected chi connectivity index (χ4v) is 2.62. The molecule has 0 atom stereocenters. The van der Waals surface area contributed by atoms with E-state index in [1.54, 1.807) is 6.07 Å². The lowest BCUT2D eigenvalue weighted by molar-refractivity contribution is -0.143. The first-order valence-corrected chi connectivity index (χ1v) is 8.56. The van der Waals surface area contributed by atoms with Gasteiger partial charge in [0.15, 0.2) is 5.69 Å². The smallest absolute Gasteiger partial charge is 0.326 e. The molecule has 0 aliphatic rings. The average molecular weight is 449 g/mol. The molecule has 0 saturated carbocycles. The van der Waals surface area contributed by atoms with Gasteiger partial charge in [-0.1, -0.05) is 17.7 Å². The summed E-state index contributed by atoms with van der Waals surface area (Å²) in [6, 6.07) is 7.79. The number of alkyl halides is 6. The van der Waals surface area contributed by atoms with E-state index in [0.29, 0.717) is 5.56 Å². The van der Waals surface area contributed by atoms with Gasteiger partial charge in [0.2, 0.25) is 5.91 Å². The van der Waals surface area contributed by atoms with Gasteiger partial charge in [-0.05, 0) is 35.9 Å². The third kappa shape index (κ3) is 5.09. The van der Waals surface area contributed by atoms with Crippen LogP contribution in [0.5, 0.6) is 0 Å². The van der Waals surface area contributed by atoms with Crippen molar-refractivity contribution in [3.05, 3.63) is 70.8 Å². The van der Waals surface area contributed by atoms with Crippen LogP contribution < -0.4 is 5.32 Å². The Kier molecular flexibility index (Phi) is 5.75. The summed E-state index contributed by atoms with van der Waals surface area (Å²) in [5, 5.41) is 5.83. The van der Waals surface area contributed by atoms with Crippen LogP contribution in [0.3, 0.4) is 0 Å². The van der Waals surface area contributed by atoms with E-state index in [4.69, 9.17) is 11.6 Å². The number of pyridine rings is 1. The van der Waals surface area contributed by atoms with E-state index in [1.807, 2.05) is 0 Å². The van der Waals surface area contributed by atoms with Crippen molar-refractivity contribution in [2.75, 3.05) is 5.32 Å². The molecule has 5 nitrogen and oxygen atoms in total. The quantitative estimate of drug-likeness (QED) is 0.444. The number of benzene rings is 1. The van der Waals surface area contributed by atoms with Gasteiger partial charge >= 0.3 is 12.4 Å². The zero-order valence-electron chi connectivity index (χ0n) is 14.7. The van der Waals surface area contributed by atoms with Gasteiger partial charge < -0.3 is 5.32 Å². The lowest BCUT2D eigenvalue weighted by atomic mass is 10.2. The van der Waals surface area contributed by atoms with Crippen molar-refractivity contribution in [1.82, 2.24) is 14.8 Å². The molecule has 0 aliphatic heterocycles. The van der Waals surface area contributed by atoms with Crippen molar-refractivity contribution in [3.63, 3.8) is 0 Å². The molecule has 2 aromatic heterocycles. The number of halogens is 7. The maximum Gasteiger partial charge on any atom is 0.435 e. The number of carbonyl (C=O) groups is 1. The minimum absolute atomic E-state index is 0.0295. The maximum absolute atomic E-state index is 13.1. The van der Waals surface area contributed by atoms with Crippen molar-refractivity contribution in [3.8, 4) is 5.69 Å². The first kappa shape index (κ1) is 21.6. The zero-order chi connectivity index (χ0) is 22.1. The summed E-state index contributed by atoms with van der Waals surface area (Å²) in [6.07, 6.45) is -8.69. The Bertz CT molecular complexity index is 1040. The standard InChI is InChI=1S/C18H11ClF6N4O/c19-15-6-1-10(9-26-15)7-16(30)27-11-2-4-12(5-3-11)29-14(18(23,24)25)8-13(28-29)17(20,21)22/h1-6,8-9H,7H2,(H,27,30). The minimum atomic E-state index is -5.05. The highest BCUT2D eigenvalue weighted by Crippen LogP contribution is 2.36. The molecule has 1 N–H and O–H groups in total. The van der Waals surface area contributed by atoms with Crippen molar-refractivity contribution in [2.24, 2.45) is 0 Å². The molecule has 0 fully saturated rings. The van der Waals surface area contributed by atoms with Crippen molar-refractivity contribution in [1.29, 1.82) is 0 Å². The topological polar surface area (TPSA) is 59.8 Å². The second-order valence-corrected chi connectivity index (χ2v) is 6.47. The van der Waals surface area contributed by atoms with Crippen LogP contribution in [-0.2, 0) is 23.6 Å². The summed E-state index contributed by atoms with van der Waals surface area (Å²) in [5.41, 5.74) is -2.66. The predicted octanol–water partition coefficient (Wildman–Crippen LogP) is 5.14. The molecule has 158 valence electrons. The summed E-state index contributed by atoms with van der Waals surface area (Å²) < 4.78 is 77.9. The molecule has 1 aromatic carbocycles. The molecule has 0 aliphatic carbocycles. The number of nitrogens with one attached hydrogen (secondary N) is 1. The number of rotatable bonds is 4. The Hall–Kier alpha value is -3.08. The summed E-state index contributed by atoms with van der Waals surface area (Å²) in [6.45, 7) is 0. The van der Waals surface area contributed by atoms with Crippen LogP contribution in [-0.4, -0.2) is 20.7 Å². The Morgan fingerprint density at radius 1 is 1.00 bits per heavy atom. The van der Waals surface area contributed by atoms with Crippen LogP contribution >= 0.6 is 11.6 Å². The first-order valence-electron chi connectivity index (χ1n) is 8.18. The van der Waals surface area contributed by atoms with E-state index in [0.717, 1.165) is 12.1 Å². The minimum Gasteiger partial charge on any atom is -0.326 e. The Labute approximate surface area is 170 Å². The largest absolute Gasteiger partial charge is 0.435 e. The van der Waals surface area contributed by atoms with E-state index >= 15 is 0 Å². The maximum atomic E-state index is 13.1. The van der Waals surface area contributed by atoms with Crippen LogP contribution in [0, 0.1) is 0 Å².